The van der Waals surface area contributed by atoms with Gasteiger partial charge in [-0.2, -0.15) is 11.8 Å². The molecule has 0 aliphatic carbocycles. The highest BCUT2D eigenvalue weighted by Gasteiger charge is 2.23. The number of sulfone groups is 1. The summed E-state index contributed by atoms with van der Waals surface area (Å²) in [6.45, 7) is 40.7. The van der Waals surface area contributed by atoms with Crippen molar-refractivity contribution in [3.8, 4) is 0 Å². The highest BCUT2D eigenvalue weighted by molar-refractivity contribution is 7.99. The first-order valence-electron chi connectivity index (χ1n) is 26.6. The molecule has 5 N–H and O–H groups in total. The summed E-state index contributed by atoms with van der Waals surface area (Å²) in [4.78, 5) is 50.7. The second kappa shape index (κ2) is 37.2. The van der Waals surface area contributed by atoms with Crippen molar-refractivity contribution in [2.75, 3.05) is 101 Å². The van der Waals surface area contributed by atoms with Gasteiger partial charge in [0.05, 0.1) is 30.8 Å². The summed E-state index contributed by atoms with van der Waals surface area (Å²) < 4.78 is 27.5. The predicted molar refractivity (Wildman–Crippen MR) is 306 cm³/mol. The molecule has 0 spiro atoms. The van der Waals surface area contributed by atoms with Crippen molar-refractivity contribution in [2.45, 2.75) is 158 Å². The fourth-order valence-corrected chi connectivity index (χ4v) is 9.56. The minimum absolute atomic E-state index is 0.0220. The van der Waals surface area contributed by atoms with E-state index in [1.165, 1.54) is 68.1 Å². The molecule has 0 saturated carbocycles. The van der Waals surface area contributed by atoms with Crippen LogP contribution in [0.15, 0.2) is 64.6 Å². The van der Waals surface area contributed by atoms with Gasteiger partial charge in [-0.3, -0.25) is 29.1 Å². The number of hydrogen-bond acceptors (Lipinski definition) is 13. The van der Waals surface area contributed by atoms with Gasteiger partial charge in [0.1, 0.15) is 5.82 Å². The van der Waals surface area contributed by atoms with Crippen molar-refractivity contribution in [3.63, 3.8) is 0 Å². The molecule has 0 unspecified atom stereocenters. The number of piperidine rings is 1. The Hall–Kier alpha value is -3.58. The number of piperazine rings is 1. The van der Waals surface area contributed by atoms with Gasteiger partial charge >= 0.3 is 0 Å². The van der Waals surface area contributed by atoms with E-state index in [1.807, 2.05) is 30.5 Å². The largest absolute Gasteiger partial charge is 0.384 e. The summed E-state index contributed by atoms with van der Waals surface area (Å²) in [5.74, 6) is 5.53. The van der Waals surface area contributed by atoms with Gasteiger partial charge in [-0.15, -0.1) is 0 Å². The molecule has 3 aromatic heterocycles. The summed E-state index contributed by atoms with van der Waals surface area (Å²) >= 11 is 2.07. The molecule has 412 valence electrons. The van der Waals surface area contributed by atoms with E-state index in [-0.39, 0.29) is 17.0 Å². The Bertz CT molecular complexity index is 2050. The monoisotopic (exact) mass is 1050 g/mol. The molecule has 4 saturated heterocycles. The summed E-state index contributed by atoms with van der Waals surface area (Å²) in [5.41, 5.74) is 8.84. The van der Waals surface area contributed by atoms with Crippen LogP contribution in [0.1, 0.15) is 151 Å². The van der Waals surface area contributed by atoms with Crippen LogP contribution in [0.2, 0.25) is 0 Å². The fourth-order valence-electron chi connectivity index (χ4n) is 7.40. The lowest BCUT2D eigenvalue weighted by atomic mass is 10.1. The first-order chi connectivity index (χ1) is 33.9. The van der Waals surface area contributed by atoms with E-state index in [4.69, 9.17) is 10.5 Å². The number of nitrogens with one attached hydrogen (secondary N) is 3. The standard InChI is InChI=1S/C10H21NO.C8H12N2.2C8H11NO.C7H14N2O.C7H15NO2S.C7H15NS/c1-10(2)12-9-8-11-6-4-3-5-7-11;1-6(2)7-3-4-8(9)10-5-7;1-6(2)7-3-4-9-8(10)5-7;1-6(2)7-3-4-8(10)9-5-7;1-6(2)9-4-3-8-7(10)5-9;1-7(2)8-3-5-11(9,10)6-4-8;1-7(2)8-3-5-9-6-4-8/h10H,3-9H2,1-2H3;3-6H,1-2H3,(H2,9,10);2*3-6H,1-2H3,(H,9,10);6H,3-5H2,1-2H3,(H,8,10);7H,3-6H2,1-2H3;7H,3-6H2,1-2H3. The highest BCUT2D eigenvalue weighted by Crippen LogP contribution is 2.14. The van der Waals surface area contributed by atoms with Crippen LogP contribution in [0.25, 0.3) is 0 Å². The first-order valence-corrected chi connectivity index (χ1v) is 29.6. The van der Waals surface area contributed by atoms with Crippen LogP contribution in [0, 0.1) is 0 Å². The smallest absolute Gasteiger partial charge is 0.248 e. The van der Waals surface area contributed by atoms with Crippen molar-refractivity contribution in [2.24, 2.45) is 0 Å². The number of anilines is 1. The van der Waals surface area contributed by atoms with Crippen molar-refractivity contribution in [1.82, 2.24) is 39.9 Å². The molecule has 17 heteroatoms. The number of thioether (sulfide) groups is 1. The molecule has 0 bridgehead atoms. The zero-order chi connectivity index (χ0) is 54.2. The lowest BCUT2D eigenvalue weighted by molar-refractivity contribution is -0.124. The molecule has 3 aromatic rings. The molecule has 15 nitrogen and oxygen atoms in total. The number of likely N-dealkylation sites (tertiary alicyclic amines) is 1. The summed E-state index contributed by atoms with van der Waals surface area (Å²) in [7, 11) is -2.69. The lowest BCUT2D eigenvalue weighted by Gasteiger charge is -2.29. The quantitative estimate of drug-likeness (QED) is 0.153. The number of carbonyl (C=O) groups is 1. The molecule has 4 fully saturated rings. The zero-order valence-electron chi connectivity index (χ0n) is 47.0. The van der Waals surface area contributed by atoms with Crippen LogP contribution < -0.4 is 22.2 Å². The van der Waals surface area contributed by atoms with Gasteiger partial charge in [-0.1, -0.05) is 60.1 Å². The van der Waals surface area contributed by atoms with E-state index >= 15 is 0 Å². The van der Waals surface area contributed by atoms with E-state index in [0.717, 1.165) is 37.8 Å². The summed E-state index contributed by atoms with van der Waals surface area (Å²) in [6, 6.07) is 12.5. The van der Waals surface area contributed by atoms with Crippen LogP contribution >= 0.6 is 11.8 Å². The predicted octanol–water partition coefficient (Wildman–Crippen LogP) is 8.08. The Balaban J connectivity index is 0.000000421. The molecule has 4 aliphatic rings. The van der Waals surface area contributed by atoms with Crippen molar-refractivity contribution in [1.29, 1.82) is 0 Å². The van der Waals surface area contributed by atoms with Gasteiger partial charge in [0, 0.05) is 106 Å². The fraction of sp³-hybridized carbons (Fsp3) is 0.709. The number of nitrogen functional groups attached to an aromatic ring is 1. The van der Waals surface area contributed by atoms with Crippen LogP contribution in [-0.2, 0) is 19.4 Å². The average molecular weight is 1050 g/mol. The van der Waals surface area contributed by atoms with Crippen LogP contribution in [0.3, 0.4) is 0 Å². The van der Waals surface area contributed by atoms with Crippen LogP contribution in [0.4, 0.5) is 5.82 Å². The topological polar surface area (TPSA) is 190 Å². The molecule has 0 aromatic carbocycles. The molecule has 7 heterocycles. The van der Waals surface area contributed by atoms with Gasteiger partial charge in [-0.05, 0) is 128 Å². The number of rotatable bonds is 10. The number of amides is 1. The molecule has 0 atom stereocenters. The molecular weight excluding hydrogens is 947 g/mol. The van der Waals surface area contributed by atoms with Gasteiger partial charge in [0.25, 0.3) is 0 Å². The van der Waals surface area contributed by atoms with Gasteiger partial charge < -0.3 is 30.7 Å². The van der Waals surface area contributed by atoms with Gasteiger partial charge in [0.2, 0.25) is 17.0 Å². The molecule has 4 aliphatic heterocycles. The number of H-pyrrole nitrogens is 2. The van der Waals surface area contributed by atoms with Gasteiger partial charge in [0.15, 0.2) is 9.84 Å². The lowest BCUT2D eigenvalue weighted by Crippen LogP contribution is -2.50. The maximum absolute atomic E-state index is 11.0. The van der Waals surface area contributed by atoms with E-state index in [2.05, 4.69) is 149 Å². The third-order valence-corrected chi connectivity index (χ3v) is 15.0. The Morgan fingerprint density at radius 2 is 1.19 bits per heavy atom. The van der Waals surface area contributed by atoms with Crippen molar-refractivity contribution >= 4 is 33.3 Å². The van der Waals surface area contributed by atoms with E-state index in [0.29, 0.717) is 72.9 Å². The molecular formula is C55H99N9O6S2. The number of aromatic nitrogens is 3. The van der Waals surface area contributed by atoms with Crippen LogP contribution in [-0.4, -0.2) is 168 Å². The van der Waals surface area contributed by atoms with E-state index in [1.54, 1.807) is 24.5 Å². The third-order valence-electron chi connectivity index (χ3n) is 12.4. The minimum Gasteiger partial charge on any atom is -0.384 e. The maximum Gasteiger partial charge on any atom is 0.248 e. The maximum atomic E-state index is 11.0. The number of nitrogens with two attached hydrogens (primary N) is 1. The number of ether oxygens (including phenoxy) is 1. The second-order valence-corrected chi connectivity index (χ2v) is 24.2. The molecule has 72 heavy (non-hydrogen) atoms. The van der Waals surface area contributed by atoms with Crippen molar-refractivity contribution < 1.29 is 17.9 Å². The zero-order valence-corrected chi connectivity index (χ0v) is 48.7. The Morgan fingerprint density at radius 3 is 1.61 bits per heavy atom. The number of pyridine rings is 3. The Labute approximate surface area is 440 Å². The average Bonchev–Trinajstić information content (AvgIpc) is 3.33. The molecule has 7 rings (SSSR count). The number of aromatic amines is 2. The summed E-state index contributed by atoms with van der Waals surface area (Å²) in [6.07, 6.45) is 9.81. The molecule has 1 amide bonds. The van der Waals surface area contributed by atoms with E-state index in [9.17, 15) is 22.8 Å². The van der Waals surface area contributed by atoms with Crippen LogP contribution in [0.5, 0.6) is 0 Å². The SMILES string of the molecule is CC(C)N1CCNC(=O)C1.CC(C)N1CCS(=O)(=O)CC1.CC(C)N1CCSCC1.CC(C)OCCN1CCCCC1.CC(C)c1cc[nH]c(=O)c1.CC(C)c1ccc(=O)[nH]c1.CC(C)c1ccc(N)nc1. The second-order valence-electron chi connectivity index (χ2n) is 20.7. The highest BCUT2D eigenvalue weighted by atomic mass is 32.2. The Morgan fingerprint density at radius 1 is 0.639 bits per heavy atom. The van der Waals surface area contributed by atoms with Gasteiger partial charge in [-0.25, -0.2) is 13.4 Å². The molecule has 0 radical (unpaired) electrons. The number of carbonyl (C=O) groups excluding carboxylic acids is 1. The first kappa shape index (κ1) is 66.4. The van der Waals surface area contributed by atoms with Crippen molar-refractivity contribution in [3.05, 3.63) is 92.4 Å². The van der Waals surface area contributed by atoms with E-state index < -0.39 is 9.84 Å². The normalized spacial score (nSPS) is 17.4. The third kappa shape index (κ3) is 31.9. The minimum atomic E-state index is -2.69. The number of hydrogen-bond donors (Lipinski definition) is 4. The Kier molecular flexibility index (Phi) is 34.3. The number of nitrogens with zero attached hydrogens (tertiary/aromatic N) is 5. The summed E-state index contributed by atoms with van der Waals surface area (Å²) in [5, 5.41) is 2.79.